The molecular formula is C15H20BrFN2O. The molecule has 1 fully saturated rings. The lowest BCUT2D eigenvalue weighted by Gasteiger charge is -2.35. The van der Waals surface area contributed by atoms with Crippen LogP contribution in [0.1, 0.15) is 43.0 Å². The molecular weight excluding hydrogens is 323 g/mol. The van der Waals surface area contributed by atoms with Crippen molar-refractivity contribution >= 4 is 21.8 Å². The van der Waals surface area contributed by atoms with E-state index in [1.807, 2.05) is 6.92 Å². The Hall–Kier alpha value is -0.940. The Morgan fingerprint density at radius 1 is 1.40 bits per heavy atom. The van der Waals surface area contributed by atoms with Crippen LogP contribution in [-0.4, -0.2) is 29.4 Å². The Bertz CT molecular complexity index is 487. The third kappa shape index (κ3) is 3.38. The van der Waals surface area contributed by atoms with Crippen LogP contribution in [-0.2, 0) is 0 Å². The van der Waals surface area contributed by atoms with Gasteiger partial charge in [0.05, 0.1) is 5.56 Å². The highest BCUT2D eigenvalue weighted by Gasteiger charge is 2.28. The number of rotatable bonds is 3. The average Bonchev–Trinajstić information content (AvgIpc) is 2.44. The maximum Gasteiger partial charge on any atom is 0.257 e. The van der Waals surface area contributed by atoms with Crippen LogP contribution in [0.25, 0.3) is 0 Å². The predicted molar refractivity (Wildman–Crippen MR) is 81.0 cm³/mol. The largest absolute Gasteiger partial charge is 0.336 e. The van der Waals surface area contributed by atoms with Gasteiger partial charge in [0.1, 0.15) is 5.82 Å². The topological polar surface area (TPSA) is 46.3 Å². The van der Waals surface area contributed by atoms with E-state index in [2.05, 4.69) is 15.9 Å². The minimum Gasteiger partial charge on any atom is -0.336 e. The van der Waals surface area contributed by atoms with E-state index in [0.29, 0.717) is 11.0 Å². The van der Waals surface area contributed by atoms with Crippen molar-refractivity contribution in [2.24, 2.45) is 5.73 Å². The number of amides is 1. The summed E-state index contributed by atoms with van der Waals surface area (Å²) in [7, 11) is 0. The molecule has 0 heterocycles. The van der Waals surface area contributed by atoms with Gasteiger partial charge in [0.15, 0.2) is 0 Å². The molecule has 0 aliphatic heterocycles. The summed E-state index contributed by atoms with van der Waals surface area (Å²) in [6.45, 7) is 2.52. The smallest absolute Gasteiger partial charge is 0.257 e. The van der Waals surface area contributed by atoms with Crippen LogP contribution in [0.3, 0.4) is 0 Å². The van der Waals surface area contributed by atoms with Crippen LogP contribution in [0.4, 0.5) is 4.39 Å². The minimum atomic E-state index is -0.468. The molecule has 1 aliphatic carbocycles. The molecule has 0 aromatic heterocycles. The molecule has 110 valence electrons. The summed E-state index contributed by atoms with van der Waals surface area (Å²) in [6.07, 6.45) is 3.65. The summed E-state index contributed by atoms with van der Waals surface area (Å²) in [5.74, 6) is -0.698. The molecule has 0 radical (unpaired) electrons. The highest BCUT2D eigenvalue weighted by atomic mass is 79.9. The van der Waals surface area contributed by atoms with Gasteiger partial charge in [0, 0.05) is 23.1 Å². The zero-order chi connectivity index (χ0) is 14.7. The predicted octanol–water partition coefficient (Wildman–Crippen LogP) is 3.32. The summed E-state index contributed by atoms with van der Waals surface area (Å²) in [5, 5.41) is 0. The van der Waals surface area contributed by atoms with Gasteiger partial charge in [-0.3, -0.25) is 4.79 Å². The van der Waals surface area contributed by atoms with E-state index in [-0.39, 0.29) is 23.6 Å². The van der Waals surface area contributed by atoms with E-state index < -0.39 is 5.82 Å². The Labute approximate surface area is 127 Å². The molecule has 1 aromatic rings. The fourth-order valence-corrected chi connectivity index (χ4v) is 3.16. The van der Waals surface area contributed by atoms with Crippen LogP contribution in [0.2, 0.25) is 0 Å². The van der Waals surface area contributed by atoms with Crippen molar-refractivity contribution in [1.82, 2.24) is 4.90 Å². The monoisotopic (exact) mass is 342 g/mol. The van der Waals surface area contributed by atoms with Gasteiger partial charge in [0.2, 0.25) is 0 Å². The fourth-order valence-electron chi connectivity index (χ4n) is 2.80. The van der Waals surface area contributed by atoms with Crippen molar-refractivity contribution in [3.63, 3.8) is 0 Å². The van der Waals surface area contributed by atoms with E-state index >= 15 is 0 Å². The maximum absolute atomic E-state index is 13.9. The molecule has 3 nitrogen and oxygen atoms in total. The van der Waals surface area contributed by atoms with Crippen LogP contribution < -0.4 is 5.73 Å². The summed E-state index contributed by atoms with van der Waals surface area (Å²) in [6, 6.07) is 4.88. The summed E-state index contributed by atoms with van der Waals surface area (Å²) in [4.78, 5) is 14.3. The molecule has 0 atom stereocenters. The third-order valence-corrected chi connectivity index (χ3v) is 4.44. The van der Waals surface area contributed by atoms with Crippen molar-refractivity contribution in [2.75, 3.05) is 6.54 Å². The number of carbonyl (C=O) groups is 1. The number of nitrogens with two attached hydrogens (primary N) is 1. The number of hydrogen-bond donors (Lipinski definition) is 1. The zero-order valence-corrected chi connectivity index (χ0v) is 13.2. The van der Waals surface area contributed by atoms with Crippen LogP contribution >= 0.6 is 15.9 Å². The van der Waals surface area contributed by atoms with Crippen LogP contribution in [0.15, 0.2) is 22.7 Å². The van der Waals surface area contributed by atoms with Gasteiger partial charge in [-0.05, 0) is 50.8 Å². The second-order valence-electron chi connectivity index (χ2n) is 5.28. The first kappa shape index (κ1) is 15.4. The van der Waals surface area contributed by atoms with Crippen molar-refractivity contribution in [3.8, 4) is 0 Å². The molecule has 2 N–H and O–H groups in total. The molecule has 20 heavy (non-hydrogen) atoms. The number of carbonyl (C=O) groups excluding carboxylic acids is 1. The van der Waals surface area contributed by atoms with E-state index in [1.54, 1.807) is 17.0 Å². The van der Waals surface area contributed by atoms with E-state index in [9.17, 15) is 9.18 Å². The Balaban J connectivity index is 2.18. The number of halogens is 2. The normalized spacial score (nSPS) is 22.6. The van der Waals surface area contributed by atoms with Gasteiger partial charge in [-0.25, -0.2) is 4.39 Å². The quantitative estimate of drug-likeness (QED) is 0.915. The molecule has 5 heteroatoms. The number of benzene rings is 1. The summed E-state index contributed by atoms with van der Waals surface area (Å²) < 4.78 is 14.6. The molecule has 2 rings (SSSR count). The maximum atomic E-state index is 13.9. The standard InChI is InChI=1S/C15H20BrFN2O/c1-2-19(12-6-4-11(18)5-7-12)15(20)13-9-10(16)3-8-14(13)17/h3,8-9,11-12H,2,4-7,18H2,1H3. The van der Waals surface area contributed by atoms with E-state index in [4.69, 9.17) is 5.73 Å². The van der Waals surface area contributed by atoms with Gasteiger partial charge >= 0.3 is 0 Å². The molecule has 1 amide bonds. The second kappa shape index (κ2) is 6.68. The highest BCUT2D eigenvalue weighted by molar-refractivity contribution is 9.10. The summed E-state index contributed by atoms with van der Waals surface area (Å²) in [5.41, 5.74) is 6.04. The number of hydrogen-bond acceptors (Lipinski definition) is 2. The molecule has 0 bridgehead atoms. The van der Waals surface area contributed by atoms with Gasteiger partial charge in [-0.2, -0.15) is 0 Å². The van der Waals surface area contributed by atoms with Crippen molar-refractivity contribution < 1.29 is 9.18 Å². The Morgan fingerprint density at radius 3 is 2.65 bits per heavy atom. The summed E-state index contributed by atoms with van der Waals surface area (Å²) >= 11 is 3.29. The van der Waals surface area contributed by atoms with Crippen molar-refractivity contribution in [1.29, 1.82) is 0 Å². The first-order valence-electron chi connectivity index (χ1n) is 7.04. The molecule has 1 aliphatic rings. The SMILES string of the molecule is CCN(C(=O)c1cc(Br)ccc1F)C1CCC(N)CC1. The highest BCUT2D eigenvalue weighted by Crippen LogP contribution is 2.25. The lowest BCUT2D eigenvalue weighted by molar-refractivity contribution is 0.0636. The van der Waals surface area contributed by atoms with Gasteiger partial charge in [-0.1, -0.05) is 15.9 Å². The van der Waals surface area contributed by atoms with Gasteiger partial charge < -0.3 is 10.6 Å². The molecule has 0 unspecified atom stereocenters. The lowest BCUT2D eigenvalue weighted by Crippen LogP contribution is -2.44. The van der Waals surface area contributed by atoms with Crippen molar-refractivity contribution in [3.05, 3.63) is 34.1 Å². The third-order valence-electron chi connectivity index (χ3n) is 3.94. The lowest BCUT2D eigenvalue weighted by atomic mass is 9.90. The molecule has 0 spiro atoms. The first-order valence-corrected chi connectivity index (χ1v) is 7.83. The first-order chi connectivity index (χ1) is 9.52. The van der Waals surface area contributed by atoms with E-state index in [1.165, 1.54) is 6.07 Å². The van der Waals surface area contributed by atoms with Crippen molar-refractivity contribution in [2.45, 2.75) is 44.7 Å². The van der Waals surface area contributed by atoms with E-state index in [0.717, 1.165) is 25.7 Å². The molecule has 1 aromatic carbocycles. The Morgan fingerprint density at radius 2 is 2.05 bits per heavy atom. The molecule has 0 saturated heterocycles. The fraction of sp³-hybridized carbons (Fsp3) is 0.533. The number of nitrogens with zero attached hydrogens (tertiary/aromatic N) is 1. The Kier molecular flexibility index (Phi) is 5.16. The van der Waals surface area contributed by atoms with Crippen LogP contribution in [0, 0.1) is 5.82 Å². The zero-order valence-electron chi connectivity index (χ0n) is 11.6. The van der Waals surface area contributed by atoms with Crippen LogP contribution in [0.5, 0.6) is 0 Å². The van der Waals surface area contributed by atoms with Gasteiger partial charge in [0.25, 0.3) is 5.91 Å². The van der Waals surface area contributed by atoms with Gasteiger partial charge in [-0.15, -0.1) is 0 Å². The average molecular weight is 343 g/mol. The molecule has 1 saturated carbocycles. The minimum absolute atomic E-state index is 0.135. The second-order valence-corrected chi connectivity index (χ2v) is 6.20.